The van der Waals surface area contributed by atoms with Gasteiger partial charge in [0.2, 0.25) is 0 Å². The normalized spacial score (nSPS) is 26.6. The number of thioether (sulfide) groups is 1. The topological polar surface area (TPSA) is 38.4 Å². The predicted octanol–water partition coefficient (Wildman–Crippen LogP) is 2.82. The first-order chi connectivity index (χ1) is 7.26. The van der Waals surface area contributed by atoms with E-state index in [0.717, 1.165) is 12.4 Å². The van der Waals surface area contributed by atoms with Crippen LogP contribution in [-0.2, 0) is 0 Å². The number of hydrogen-bond acceptors (Lipinski definition) is 2. The van der Waals surface area contributed by atoms with E-state index in [0.29, 0.717) is 10.7 Å². The molecule has 2 aliphatic rings. The standard InChI is InChI=1S/C12H22N2S/c1-15-12(7-8-12)9-14-11(13)10-5-3-2-4-6-10/h10H,2-9H2,1H3,(H2,13,14). The Hall–Kier alpha value is -0.180. The summed E-state index contributed by atoms with van der Waals surface area (Å²) >= 11 is 1.96. The van der Waals surface area contributed by atoms with Crippen molar-refractivity contribution >= 4 is 17.6 Å². The van der Waals surface area contributed by atoms with Crippen LogP contribution in [0.4, 0.5) is 0 Å². The third-order valence-corrected chi connectivity index (χ3v) is 5.22. The van der Waals surface area contributed by atoms with Gasteiger partial charge in [0.15, 0.2) is 0 Å². The van der Waals surface area contributed by atoms with Crippen molar-refractivity contribution in [3.63, 3.8) is 0 Å². The van der Waals surface area contributed by atoms with E-state index in [4.69, 9.17) is 5.73 Å². The monoisotopic (exact) mass is 226 g/mol. The smallest absolute Gasteiger partial charge is 0.0969 e. The van der Waals surface area contributed by atoms with Crippen molar-refractivity contribution in [2.45, 2.75) is 49.7 Å². The molecule has 0 unspecified atom stereocenters. The molecule has 2 fully saturated rings. The van der Waals surface area contributed by atoms with Crippen molar-refractivity contribution < 1.29 is 0 Å². The van der Waals surface area contributed by atoms with E-state index in [1.165, 1.54) is 44.9 Å². The lowest BCUT2D eigenvalue weighted by molar-refractivity contribution is 0.436. The van der Waals surface area contributed by atoms with Crippen molar-refractivity contribution in [1.82, 2.24) is 0 Å². The van der Waals surface area contributed by atoms with Crippen LogP contribution in [0.1, 0.15) is 44.9 Å². The quantitative estimate of drug-likeness (QED) is 0.591. The maximum atomic E-state index is 6.08. The Balaban J connectivity index is 1.83. The maximum absolute atomic E-state index is 6.08. The fraction of sp³-hybridized carbons (Fsp3) is 0.917. The molecule has 0 amide bonds. The summed E-state index contributed by atoms with van der Waals surface area (Å²) < 4.78 is 0.472. The first-order valence-corrected chi connectivity index (χ1v) is 7.33. The van der Waals surface area contributed by atoms with Crippen LogP contribution >= 0.6 is 11.8 Å². The lowest BCUT2D eigenvalue weighted by Crippen LogP contribution is -2.27. The molecule has 15 heavy (non-hydrogen) atoms. The molecular weight excluding hydrogens is 204 g/mol. The minimum Gasteiger partial charge on any atom is -0.387 e. The Bertz CT molecular complexity index is 240. The third kappa shape index (κ3) is 2.90. The zero-order valence-corrected chi connectivity index (χ0v) is 10.5. The zero-order valence-electron chi connectivity index (χ0n) is 9.67. The first-order valence-electron chi connectivity index (χ1n) is 6.11. The minimum absolute atomic E-state index is 0.472. The highest BCUT2D eigenvalue weighted by Crippen LogP contribution is 2.47. The molecule has 0 aromatic heterocycles. The number of nitrogens with zero attached hydrogens (tertiary/aromatic N) is 1. The second kappa shape index (κ2) is 4.77. The predicted molar refractivity (Wildman–Crippen MR) is 68.5 cm³/mol. The number of amidine groups is 1. The van der Waals surface area contributed by atoms with Crippen LogP contribution in [0.5, 0.6) is 0 Å². The van der Waals surface area contributed by atoms with E-state index < -0.39 is 0 Å². The summed E-state index contributed by atoms with van der Waals surface area (Å²) in [5, 5.41) is 0. The molecule has 2 aliphatic carbocycles. The Morgan fingerprint density at radius 2 is 2.00 bits per heavy atom. The van der Waals surface area contributed by atoms with Crippen molar-refractivity contribution in [3.05, 3.63) is 0 Å². The Labute approximate surface area is 97.1 Å². The molecule has 2 nitrogen and oxygen atoms in total. The van der Waals surface area contributed by atoms with Gasteiger partial charge in [-0.1, -0.05) is 19.3 Å². The number of hydrogen-bond donors (Lipinski definition) is 1. The summed E-state index contributed by atoms with van der Waals surface area (Å²) in [4.78, 5) is 4.63. The molecule has 0 bridgehead atoms. The molecule has 0 aromatic rings. The van der Waals surface area contributed by atoms with E-state index in [2.05, 4.69) is 11.2 Å². The van der Waals surface area contributed by atoms with Gasteiger partial charge in [-0.2, -0.15) is 11.8 Å². The first kappa shape index (κ1) is 11.3. The molecule has 86 valence electrons. The highest BCUT2D eigenvalue weighted by atomic mass is 32.2. The molecule has 0 spiro atoms. The molecule has 0 aromatic carbocycles. The van der Waals surface area contributed by atoms with Gasteiger partial charge in [-0.15, -0.1) is 0 Å². The summed E-state index contributed by atoms with van der Waals surface area (Å²) in [6.07, 6.45) is 11.5. The summed E-state index contributed by atoms with van der Waals surface area (Å²) in [6, 6.07) is 0. The van der Waals surface area contributed by atoms with Crippen LogP contribution in [-0.4, -0.2) is 23.4 Å². The van der Waals surface area contributed by atoms with Gasteiger partial charge in [0.25, 0.3) is 0 Å². The van der Waals surface area contributed by atoms with E-state index in [-0.39, 0.29) is 0 Å². The summed E-state index contributed by atoms with van der Waals surface area (Å²) in [7, 11) is 0. The molecule has 3 heteroatoms. The Kier molecular flexibility index (Phi) is 3.60. The van der Waals surface area contributed by atoms with Gasteiger partial charge >= 0.3 is 0 Å². The van der Waals surface area contributed by atoms with E-state index >= 15 is 0 Å². The maximum Gasteiger partial charge on any atom is 0.0969 e. The molecule has 0 aliphatic heterocycles. The Morgan fingerprint density at radius 3 is 2.53 bits per heavy atom. The van der Waals surface area contributed by atoms with Crippen molar-refractivity contribution in [2.75, 3.05) is 12.8 Å². The second-order valence-corrected chi connectivity index (χ2v) is 6.24. The van der Waals surface area contributed by atoms with Crippen LogP contribution in [0.15, 0.2) is 4.99 Å². The van der Waals surface area contributed by atoms with Gasteiger partial charge in [0, 0.05) is 10.7 Å². The molecule has 2 N–H and O–H groups in total. The van der Waals surface area contributed by atoms with Gasteiger partial charge in [-0.05, 0) is 31.9 Å². The Morgan fingerprint density at radius 1 is 1.33 bits per heavy atom. The van der Waals surface area contributed by atoms with E-state index in [9.17, 15) is 0 Å². The molecule has 0 radical (unpaired) electrons. The van der Waals surface area contributed by atoms with E-state index in [1.54, 1.807) is 0 Å². The van der Waals surface area contributed by atoms with Crippen LogP contribution in [0.2, 0.25) is 0 Å². The van der Waals surface area contributed by atoms with Crippen LogP contribution < -0.4 is 5.73 Å². The fourth-order valence-electron chi connectivity index (χ4n) is 2.33. The minimum atomic E-state index is 0.472. The SMILES string of the molecule is CSC1(CN=C(N)C2CCCCC2)CC1. The van der Waals surface area contributed by atoms with Crippen LogP contribution in [0, 0.1) is 5.92 Å². The number of nitrogens with two attached hydrogens (primary N) is 1. The van der Waals surface area contributed by atoms with Gasteiger partial charge < -0.3 is 5.73 Å². The van der Waals surface area contributed by atoms with Gasteiger partial charge in [-0.25, -0.2) is 0 Å². The lowest BCUT2D eigenvalue weighted by atomic mass is 9.88. The van der Waals surface area contributed by atoms with Gasteiger partial charge in [-0.3, -0.25) is 4.99 Å². The second-order valence-electron chi connectivity index (χ2n) is 4.96. The molecule has 0 saturated heterocycles. The molecule has 0 heterocycles. The highest BCUT2D eigenvalue weighted by molar-refractivity contribution is 8.00. The zero-order chi connectivity index (χ0) is 10.7. The summed E-state index contributed by atoms with van der Waals surface area (Å²) in [6.45, 7) is 0.955. The van der Waals surface area contributed by atoms with Gasteiger partial charge in [0.05, 0.1) is 12.4 Å². The van der Waals surface area contributed by atoms with Crippen molar-refractivity contribution in [3.8, 4) is 0 Å². The van der Waals surface area contributed by atoms with Crippen molar-refractivity contribution in [1.29, 1.82) is 0 Å². The fourth-order valence-corrected chi connectivity index (χ4v) is 3.03. The van der Waals surface area contributed by atoms with Crippen LogP contribution in [0.3, 0.4) is 0 Å². The largest absolute Gasteiger partial charge is 0.387 e. The molecular formula is C12H22N2S. The van der Waals surface area contributed by atoms with E-state index in [1.807, 2.05) is 11.8 Å². The number of aliphatic imine (C=N–C) groups is 1. The van der Waals surface area contributed by atoms with Crippen LogP contribution in [0.25, 0.3) is 0 Å². The molecule has 2 rings (SSSR count). The average molecular weight is 226 g/mol. The molecule has 2 saturated carbocycles. The van der Waals surface area contributed by atoms with Crippen molar-refractivity contribution in [2.24, 2.45) is 16.6 Å². The van der Waals surface area contributed by atoms with Gasteiger partial charge in [0.1, 0.15) is 0 Å². The lowest BCUT2D eigenvalue weighted by Gasteiger charge is -2.21. The average Bonchev–Trinajstić information content (AvgIpc) is 3.08. The highest BCUT2D eigenvalue weighted by Gasteiger charge is 2.41. The summed E-state index contributed by atoms with van der Waals surface area (Å²) in [5.41, 5.74) is 6.08. The molecule has 0 atom stereocenters. The number of rotatable bonds is 4. The third-order valence-electron chi connectivity index (χ3n) is 3.81. The summed E-state index contributed by atoms with van der Waals surface area (Å²) in [5.74, 6) is 1.53.